The van der Waals surface area contributed by atoms with E-state index in [1.54, 1.807) is 6.07 Å². The van der Waals surface area contributed by atoms with Gasteiger partial charge in [0.25, 0.3) is 0 Å². The van der Waals surface area contributed by atoms with Crippen LogP contribution in [-0.4, -0.2) is 40.6 Å². The van der Waals surface area contributed by atoms with E-state index in [0.29, 0.717) is 5.02 Å². The molecule has 4 nitrogen and oxygen atoms in total. The van der Waals surface area contributed by atoms with Crippen LogP contribution in [-0.2, 0) is 4.79 Å². The molecule has 3 N–H and O–H groups in total. The largest absolute Gasteiger partial charge is 0.393 e. The fourth-order valence-corrected chi connectivity index (χ4v) is 2.17. The highest BCUT2D eigenvalue weighted by molar-refractivity contribution is 8.00. The third-order valence-corrected chi connectivity index (χ3v) is 3.72. The van der Waals surface area contributed by atoms with E-state index < -0.39 is 12.2 Å². The predicted octanol–water partition coefficient (Wildman–Crippen LogP) is 1.29. The molecule has 0 saturated heterocycles. The molecule has 0 aromatic heterocycles. The highest BCUT2D eigenvalue weighted by Gasteiger charge is 2.19. The van der Waals surface area contributed by atoms with Gasteiger partial charge < -0.3 is 15.5 Å². The number of thioether (sulfide) groups is 1. The van der Waals surface area contributed by atoms with Crippen LogP contribution >= 0.6 is 23.4 Å². The van der Waals surface area contributed by atoms with Crippen LogP contribution in [0.4, 0.5) is 0 Å². The molecule has 100 valence electrons. The van der Waals surface area contributed by atoms with Crippen molar-refractivity contribution in [1.82, 2.24) is 5.32 Å². The third-order valence-electron chi connectivity index (χ3n) is 2.20. The van der Waals surface area contributed by atoms with Gasteiger partial charge >= 0.3 is 0 Å². The molecule has 1 aromatic rings. The summed E-state index contributed by atoms with van der Waals surface area (Å²) >= 11 is 7.28. The number of rotatable bonds is 6. The van der Waals surface area contributed by atoms with Crippen LogP contribution in [0.1, 0.15) is 6.92 Å². The van der Waals surface area contributed by atoms with Gasteiger partial charge in [0, 0.05) is 11.4 Å². The Bertz CT molecular complexity index is 412. The summed E-state index contributed by atoms with van der Waals surface area (Å²) in [5.74, 6) is -0.000684. The zero-order chi connectivity index (χ0) is 13.6. The van der Waals surface area contributed by atoms with E-state index in [0.717, 1.165) is 4.90 Å². The lowest BCUT2D eigenvalue weighted by Crippen LogP contribution is -2.43. The molecular formula is C12H16ClNO3S. The number of hydrogen-bond donors (Lipinski definition) is 3. The van der Waals surface area contributed by atoms with Crippen LogP contribution in [0.15, 0.2) is 29.2 Å². The molecule has 0 radical (unpaired) electrons. The number of aliphatic hydroxyl groups excluding tert-OH is 1. The molecule has 0 aliphatic rings. The quantitative estimate of drug-likeness (QED) is 0.690. The molecule has 1 rings (SSSR count). The van der Waals surface area contributed by atoms with Gasteiger partial charge in [0.2, 0.25) is 5.91 Å². The molecule has 0 heterocycles. The molecular weight excluding hydrogens is 274 g/mol. The third kappa shape index (κ3) is 5.27. The number of benzene rings is 1. The van der Waals surface area contributed by atoms with Crippen molar-refractivity contribution in [3.63, 3.8) is 0 Å². The molecule has 0 saturated carbocycles. The molecule has 1 aromatic carbocycles. The summed E-state index contributed by atoms with van der Waals surface area (Å²) in [6.07, 6.45) is 0. The second-order valence-electron chi connectivity index (χ2n) is 4.15. The minimum atomic E-state index is -1.29. The molecule has 0 bridgehead atoms. The van der Waals surface area contributed by atoms with Crippen molar-refractivity contribution in [3.05, 3.63) is 29.3 Å². The van der Waals surface area contributed by atoms with Crippen molar-refractivity contribution in [2.24, 2.45) is 0 Å². The minimum Gasteiger partial charge on any atom is -0.393 e. The molecule has 1 atom stereocenters. The van der Waals surface area contributed by atoms with Gasteiger partial charge in [-0.3, -0.25) is 4.79 Å². The average molecular weight is 290 g/mol. The zero-order valence-corrected chi connectivity index (χ0v) is 11.6. The Morgan fingerprint density at radius 3 is 2.78 bits per heavy atom. The van der Waals surface area contributed by atoms with Crippen molar-refractivity contribution >= 4 is 29.3 Å². The number of amides is 1. The molecule has 0 fully saturated rings. The van der Waals surface area contributed by atoms with E-state index in [-0.39, 0.29) is 18.2 Å². The van der Waals surface area contributed by atoms with E-state index in [1.165, 1.54) is 18.7 Å². The summed E-state index contributed by atoms with van der Waals surface area (Å²) in [5.41, 5.74) is -1.29. The molecule has 6 heteroatoms. The average Bonchev–Trinajstić information content (AvgIpc) is 2.35. The second kappa shape index (κ2) is 6.99. The topological polar surface area (TPSA) is 69.6 Å². The number of carbonyl (C=O) groups excluding carboxylic acids is 1. The summed E-state index contributed by atoms with van der Waals surface area (Å²) in [7, 11) is 0. The van der Waals surface area contributed by atoms with Crippen molar-refractivity contribution in [2.75, 3.05) is 18.9 Å². The number of nitrogens with one attached hydrogen (secondary N) is 1. The molecule has 1 unspecified atom stereocenters. The summed E-state index contributed by atoms with van der Waals surface area (Å²) < 4.78 is 0. The van der Waals surface area contributed by atoms with E-state index >= 15 is 0 Å². The fraction of sp³-hybridized carbons (Fsp3) is 0.417. The molecule has 0 aliphatic carbocycles. The number of carbonyl (C=O) groups is 1. The molecule has 0 aliphatic heterocycles. The van der Waals surface area contributed by atoms with E-state index in [1.807, 2.05) is 18.2 Å². The van der Waals surface area contributed by atoms with Crippen molar-refractivity contribution in [1.29, 1.82) is 0 Å². The van der Waals surface area contributed by atoms with Crippen molar-refractivity contribution in [3.8, 4) is 0 Å². The Labute approximate surface area is 115 Å². The molecule has 0 spiro atoms. The Morgan fingerprint density at radius 2 is 2.17 bits per heavy atom. The first-order valence-electron chi connectivity index (χ1n) is 5.42. The van der Waals surface area contributed by atoms with Gasteiger partial charge in [0.05, 0.1) is 17.4 Å². The monoisotopic (exact) mass is 289 g/mol. The van der Waals surface area contributed by atoms with Gasteiger partial charge in [-0.25, -0.2) is 0 Å². The van der Waals surface area contributed by atoms with Gasteiger partial charge in [-0.05, 0) is 19.1 Å². The minimum absolute atomic E-state index is 0.0193. The summed E-state index contributed by atoms with van der Waals surface area (Å²) in [6.45, 7) is 1.07. The van der Waals surface area contributed by atoms with E-state index in [9.17, 15) is 9.90 Å². The predicted molar refractivity (Wildman–Crippen MR) is 72.9 cm³/mol. The Hall–Kier alpha value is -0.750. The highest BCUT2D eigenvalue weighted by atomic mass is 35.5. The van der Waals surface area contributed by atoms with E-state index in [4.69, 9.17) is 16.7 Å². The normalized spacial score (nSPS) is 14.0. The summed E-state index contributed by atoms with van der Waals surface area (Å²) in [5, 5.41) is 21.5. The highest BCUT2D eigenvalue weighted by Crippen LogP contribution is 2.26. The Balaban J connectivity index is 2.36. The maximum atomic E-state index is 11.5. The molecule has 18 heavy (non-hydrogen) atoms. The van der Waals surface area contributed by atoms with Gasteiger partial charge in [-0.15, -0.1) is 11.8 Å². The lowest BCUT2D eigenvalue weighted by molar-refractivity contribution is -0.120. The lowest BCUT2D eigenvalue weighted by atomic mass is 10.1. The van der Waals surface area contributed by atoms with Gasteiger partial charge in [-0.2, -0.15) is 0 Å². The first kappa shape index (κ1) is 15.3. The smallest absolute Gasteiger partial charge is 0.230 e. The number of hydrogen-bond acceptors (Lipinski definition) is 4. The second-order valence-corrected chi connectivity index (χ2v) is 5.58. The maximum Gasteiger partial charge on any atom is 0.230 e. The SMILES string of the molecule is CC(O)(CO)CNC(=O)CSc1ccccc1Cl. The zero-order valence-electron chi connectivity index (χ0n) is 10.0. The van der Waals surface area contributed by atoms with Crippen LogP contribution in [0.2, 0.25) is 5.02 Å². The fourth-order valence-electron chi connectivity index (χ4n) is 1.10. The van der Waals surface area contributed by atoms with E-state index in [2.05, 4.69) is 5.32 Å². The van der Waals surface area contributed by atoms with Crippen molar-refractivity contribution < 1.29 is 15.0 Å². The molecule has 1 amide bonds. The van der Waals surface area contributed by atoms with Crippen LogP contribution in [0.3, 0.4) is 0 Å². The first-order valence-corrected chi connectivity index (χ1v) is 6.78. The van der Waals surface area contributed by atoms with Gasteiger partial charge in [0.15, 0.2) is 0 Å². The van der Waals surface area contributed by atoms with Crippen LogP contribution in [0, 0.1) is 0 Å². The summed E-state index contributed by atoms with van der Waals surface area (Å²) in [6, 6.07) is 7.27. The maximum absolute atomic E-state index is 11.5. The lowest BCUT2D eigenvalue weighted by Gasteiger charge is -2.20. The summed E-state index contributed by atoms with van der Waals surface area (Å²) in [4.78, 5) is 12.4. The van der Waals surface area contributed by atoms with Crippen molar-refractivity contribution in [2.45, 2.75) is 17.4 Å². The van der Waals surface area contributed by atoms with Gasteiger partial charge in [0.1, 0.15) is 5.60 Å². The first-order chi connectivity index (χ1) is 8.44. The van der Waals surface area contributed by atoms with Crippen LogP contribution < -0.4 is 5.32 Å². The number of aliphatic hydroxyl groups is 2. The number of halogens is 1. The van der Waals surface area contributed by atoms with Crippen LogP contribution in [0.25, 0.3) is 0 Å². The standard InChI is InChI=1S/C12H16ClNO3S/c1-12(17,8-15)7-14-11(16)6-18-10-5-3-2-4-9(10)13/h2-5,15,17H,6-8H2,1H3,(H,14,16). The van der Waals surface area contributed by atoms with Gasteiger partial charge in [-0.1, -0.05) is 23.7 Å². The Morgan fingerprint density at radius 1 is 1.50 bits per heavy atom. The van der Waals surface area contributed by atoms with Crippen LogP contribution in [0.5, 0.6) is 0 Å². The Kier molecular flexibility index (Phi) is 5.95.